The van der Waals surface area contributed by atoms with E-state index >= 15 is 0 Å². The van der Waals surface area contributed by atoms with Gasteiger partial charge < -0.3 is 0 Å². The van der Waals surface area contributed by atoms with Crippen molar-refractivity contribution in [2.24, 2.45) is 0 Å². The maximum absolute atomic E-state index is 6.32. The number of nitrogens with zero attached hydrogens (tertiary/aromatic N) is 3. The molecule has 3 nitrogen and oxygen atoms in total. The van der Waals surface area contributed by atoms with Crippen molar-refractivity contribution in [1.29, 1.82) is 0 Å². The largest absolute Gasteiger partial charge is 0.198 e. The summed E-state index contributed by atoms with van der Waals surface area (Å²) in [6, 6.07) is 23.9. The summed E-state index contributed by atoms with van der Waals surface area (Å²) in [6.45, 7) is 1.24. The minimum atomic E-state index is 0.621. The lowest BCUT2D eigenvalue weighted by Gasteiger charge is -2.00. The highest BCUT2D eigenvalue weighted by atomic mass is 35.5. The average molecular weight is 369 g/mol. The quantitative estimate of drug-likeness (QED) is 0.477. The summed E-state index contributed by atoms with van der Waals surface area (Å²) in [6.07, 6.45) is 0. The summed E-state index contributed by atoms with van der Waals surface area (Å²) in [4.78, 5) is 0. The highest BCUT2D eigenvalue weighted by molar-refractivity contribution is 6.31. The van der Waals surface area contributed by atoms with Crippen LogP contribution in [0.25, 0.3) is 11.0 Å². The second-order valence-electron chi connectivity index (χ2n) is 5.88. The van der Waals surface area contributed by atoms with Crippen LogP contribution < -0.4 is 4.68 Å². The van der Waals surface area contributed by atoms with Crippen LogP contribution in [0.1, 0.15) is 11.1 Å². The molecule has 0 aliphatic carbocycles. The van der Waals surface area contributed by atoms with Crippen molar-refractivity contribution in [2.45, 2.75) is 13.1 Å². The number of rotatable bonds is 4. The van der Waals surface area contributed by atoms with Crippen LogP contribution in [0.2, 0.25) is 10.0 Å². The minimum absolute atomic E-state index is 0.621. The molecule has 4 rings (SSSR count). The van der Waals surface area contributed by atoms with Gasteiger partial charge in [-0.05, 0) is 24.3 Å². The lowest BCUT2D eigenvalue weighted by molar-refractivity contribution is -0.724. The van der Waals surface area contributed by atoms with Gasteiger partial charge in [0.25, 0.3) is 0 Å². The van der Waals surface area contributed by atoms with Crippen LogP contribution in [0.5, 0.6) is 0 Å². The normalized spacial score (nSPS) is 11.1. The number of benzene rings is 3. The van der Waals surface area contributed by atoms with E-state index in [4.69, 9.17) is 28.4 Å². The smallest absolute Gasteiger partial charge is 0.125 e. The number of fused-ring (bicyclic) bond motifs is 1. The molecule has 1 aromatic heterocycles. The first-order valence-electron chi connectivity index (χ1n) is 8.05. The third-order valence-corrected chi connectivity index (χ3v) is 4.95. The van der Waals surface area contributed by atoms with E-state index in [1.807, 2.05) is 70.0 Å². The van der Waals surface area contributed by atoms with Crippen molar-refractivity contribution in [3.63, 3.8) is 0 Å². The number of hydrogen-bond donors (Lipinski definition) is 0. The van der Waals surface area contributed by atoms with Crippen LogP contribution in [-0.4, -0.2) is 9.90 Å². The molecular formula is C20H16Cl2N3+. The number of hydrogen-bond acceptors (Lipinski definition) is 1. The minimum Gasteiger partial charge on any atom is -0.125 e. The maximum Gasteiger partial charge on any atom is 0.198 e. The van der Waals surface area contributed by atoms with E-state index in [-0.39, 0.29) is 0 Å². The molecule has 0 atom stereocenters. The van der Waals surface area contributed by atoms with Gasteiger partial charge in [-0.25, -0.2) is 0 Å². The molecule has 0 N–H and O–H groups in total. The van der Waals surface area contributed by atoms with Crippen molar-refractivity contribution in [2.75, 3.05) is 0 Å². The zero-order valence-electron chi connectivity index (χ0n) is 13.4. The topological polar surface area (TPSA) is 21.7 Å². The molecule has 0 unspecified atom stereocenters. The van der Waals surface area contributed by atoms with Crippen molar-refractivity contribution < 1.29 is 4.68 Å². The first-order chi connectivity index (χ1) is 12.2. The van der Waals surface area contributed by atoms with Crippen molar-refractivity contribution in [1.82, 2.24) is 9.90 Å². The Labute approximate surface area is 156 Å². The van der Waals surface area contributed by atoms with Gasteiger partial charge >= 0.3 is 0 Å². The van der Waals surface area contributed by atoms with Crippen molar-refractivity contribution in [3.8, 4) is 0 Å². The molecule has 0 fully saturated rings. The predicted molar refractivity (Wildman–Crippen MR) is 101 cm³/mol. The highest BCUT2D eigenvalue weighted by Crippen LogP contribution is 2.19. The average Bonchev–Trinajstić information content (AvgIpc) is 2.97. The third kappa shape index (κ3) is 3.26. The molecular weight excluding hydrogens is 353 g/mol. The number of halogens is 2. The lowest BCUT2D eigenvalue weighted by Crippen LogP contribution is -2.38. The van der Waals surface area contributed by atoms with E-state index in [1.165, 1.54) is 0 Å². The molecule has 0 bridgehead atoms. The molecule has 0 amide bonds. The van der Waals surface area contributed by atoms with Gasteiger partial charge in [0.05, 0.1) is 5.21 Å². The summed E-state index contributed by atoms with van der Waals surface area (Å²) in [7, 11) is 0. The maximum atomic E-state index is 6.32. The Hall–Kier alpha value is -2.36. The van der Waals surface area contributed by atoms with E-state index in [0.29, 0.717) is 13.1 Å². The molecule has 0 aliphatic rings. The zero-order valence-corrected chi connectivity index (χ0v) is 15.0. The van der Waals surface area contributed by atoms with Gasteiger partial charge in [-0.3, -0.25) is 0 Å². The Bertz CT molecular complexity index is 958. The molecule has 5 heteroatoms. The van der Waals surface area contributed by atoms with E-state index in [2.05, 4.69) is 12.1 Å². The van der Waals surface area contributed by atoms with Crippen LogP contribution in [-0.2, 0) is 13.1 Å². The van der Waals surface area contributed by atoms with Crippen molar-refractivity contribution >= 4 is 34.2 Å². The van der Waals surface area contributed by atoms with Gasteiger partial charge in [-0.1, -0.05) is 71.7 Å². The lowest BCUT2D eigenvalue weighted by atomic mass is 10.2. The second kappa shape index (κ2) is 6.87. The summed E-state index contributed by atoms with van der Waals surface area (Å²) >= 11 is 12.6. The Morgan fingerprint density at radius 1 is 0.760 bits per heavy atom. The number of para-hydroxylation sites is 2. The van der Waals surface area contributed by atoms with Gasteiger partial charge in [-0.15, -0.1) is 9.36 Å². The molecule has 3 aromatic carbocycles. The molecule has 0 saturated carbocycles. The molecule has 25 heavy (non-hydrogen) atoms. The van der Waals surface area contributed by atoms with E-state index < -0.39 is 0 Å². The summed E-state index contributed by atoms with van der Waals surface area (Å²) in [5, 5.41) is 6.28. The Balaban J connectivity index is 1.76. The third-order valence-electron chi connectivity index (χ3n) is 4.21. The van der Waals surface area contributed by atoms with E-state index in [1.54, 1.807) is 0 Å². The Morgan fingerprint density at radius 3 is 2.08 bits per heavy atom. The molecule has 0 saturated heterocycles. The molecule has 0 spiro atoms. The zero-order chi connectivity index (χ0) is 17.2. The summed E-state index contributed by atoms with van der Waals surface area (Å²) in [5.74, 6) is 0. The Morgan fingerprint density at radius 2 is 1.36 bits per heavy atom. The van der Waals surface area contributed by atoms with Crippen LogP contribution >= 0.6 is 23.2 Å². The van der Waals surface area contributed by atoms with Gasteiger partial charge in [0.2, 0.25) is 0 Å². The van der Waals surface area contributed by atoms with E-state index in [0.717, 1.165) is 32.2 Å². The molecule has 1 heterocycles. The molecule has 0 aliphatic heterocycles. The fourth-order valence-electron chi connectivity index (χ4n) is 2.94. The van der Waals surface area contributed by atoms with Gasteiger partial charge in [-0.2, -0.15) is 0 Å². The van der Waals surface area contributed by atoms with Crippen LogP contribution in [0.15, 0.2) is 72.8 Å². The molecule has 0 radical (unpaired) electrons. The fraction of sp³-hybridized carbons (Fsp3) is 0.100. The summed E-state index contributed by atoms with van der Waals surface area (Å²) < 4.78 is 3.96. The van der Waals surface area contributed by atoms with Crippen LogP contribution in [0, 0.1) is 0 Å². The highest BCUT2D eigenvalue weighted by Gasteiger charge is 2.19. The molecule has 4 aromatic rings. The Kier molecular flexibility index (Phi) is 4.43. The number of aromatic nitrogens is 3. The first kappa shape index (κ1) is 16.1. The van der Waals surface area contributed by atoms with Gasteiger partial charge in [0.1, 0.15) is 13.1 Å². The van der Waals surface area contributed by atoms with Crippen LogP contribution in [0.3, 0.4) is 0 Å². The monoisotopic (exact) mass is 368 g/mol. The van der Waals surface area contributed by atoms with Gasteiger partial charge in [0.15, 0.2) is 11.0 Å². The second-order valence-corrected chi connectivity index (χ2v) is 6.69. The molecule has 124 valence electrons. The van der Waals surface area contributed by atoms with Gasteiger partial charge in [0, 0.05) is 21.2 Å². The SMILES string of the molecule is Clc1ccccc1Cn1n[n+](Cc2ccccc2Cl)c2ccccc21. The summed E-state index contributed by atoms with van der Waals surface area (Å²) in [5.41, 5.74) is 4.22. The fourth-order valence-corrected chi connectivity index (χ4v) is 3.33. The standard InChI is InChI=1S/C20H16Cl2N3/c21-17-9-3-1-7-15(17)13-24-19-11-5-6-12-20(19)25(23-24)14-16-8-2-4-10-18(16)22/h1-12H,13-14H2/q+1. The van der Waals surface area contributed by atoms with Crippen LogP contribution in [0.4, 0.5) is 0 Å². The predicted octanol–water partition coefficient (Wildman–Crippen LogP) is 4.73. The first-order valence-corrected chi connectivity index (χ1v) is 8.80. The van der Waals surface area contributed by atoms with E-state index in [9.17, 15) is 0 Å². The van der Waals surface area contributed by atoms with Crippen molar-refractivity contribution in [3.05, 3.63) is 94.0 Å².